The molecular formula is C18H14F4N2O2. The molecule has 2 aromatic rings. The van der Waals surface area contributed by atoms with Crippen LogP contribution < -0.4 is 10.6 Å². The Labute approximate surface area is 146 Å². The summed E-state index contributed by atoms with van der Waals surface area (Å²) in [4.78, 5) is 22.5. The zero-order valence-electron chi connectivity index (χ0n) is 13.3. The quantitative estimate of drug-likeness (QED) is 0.627. The molecule has 2 rings (SSSR count). The van der Waals surface area contributed by atoms with Crippen molar-refractivity contribution in [2.24, 2.45) is 0 Å². The highest BCUT2D eigenvalue weighted by Crippen LogP contribution is 2.18. The maximum Gasteiger partial charge on any atom is 0.471 e. The highest BCUT2D eigenvalue weighted by atomic mass is 19.4. The third-order valence-electron chi connectivity index (χ3n) is 3.26. The van der Waals surface area contributed by atoms with Gasteiger partial charge in [-0.2, -0.15) is 13.2 Å². The molecule has 0 saturated heterocycles. The first-order valence-electron chi connectivity index (χ1n) is 7.43. The number of amides is 2. The number of benzene rings is 2. The Morgan fingerprint density at radius 1 is 1.00 bits per heavy atom. The van der Waals surface area contributed by atoms with E-state index >= 15 is 0 Å². The summed E-state index contributed by atoms with van der Waals surface area (Å²) in [6, 6.07) is 11.5. The summed E-state index contributed by atoms with van der Waals surface area (Å²) in [6.45, 7) is 0.119. The van der Waals surface area contributed by atoms with Gasteiger partial charge in [-0.05, 0) is 29.8 Å². The van der Waals surface area contributed by atoms with Gasteiger partial charge in [0.1, 0.15) is 5.82 Å². The van der Waals surface area contributed by atoms with Gasteiger partial charge in [0, 0.05) is 23.9 Å². The van der Waals surface area contributed by atoms with Gasteiger partial charge in [-0.25, -0.2) is 4.39 Å². The Kier molecular flexibility index (Phi) is 6.11. The first-order chi connectivity index (χ1) is 12.3. The molecule has 0 saturated carbocycles. The standard InChI is InChI=1S/C18H14F4N2O2/c19-15-4-2-1-3-13(15)7-10-16(25)23-11-12-5-8-14(9-6-12)24-17(26)18(20,21)22/h1-10H,11H2,(H,23,25)(H,24,26)/b10-7+. The third kappa shape index (κ3) is 5.73. The molecule has 0 radical (unpaired) electrons. The second kappa shape index (κ2) is 8.28. The molecule has 0 spiro atoms. The van der Waals surface area contributed by atoms with Crippen LogP contribution in [0.25, 0.3) is 6.08 Å². The molecule has 0 aliphatic carbocycles. The van der Waals surface area contributed by atoms with Gasteiger partial charge in [0.05, 0.1) is 0 Å². The van der Waals surface area contributed by atoms with Gasteiger partial charge in [-0.15, -0.1) is 0 Å². The maximum absolute atomic E-state index is 13.4. The summed E-state index contributed by atoms with van der Waals surface area (Å²) in [5, 5.41) is 4.28. The molecule has 2 aromatic carbocycles. The van der Waals surface area contributed by atoms with Crippen LogP contribution in [0.5, 0.6) is 0 Å². The van der Waals surface area contributed by atoms with Crippen molar-refractivity contribution >= 4 is 23.6 Å². The lowest BCUT2D eigenvalue weighted by molar-refractivity contribution is -0.167. The van der Waals surface area contributed by atoms with Crippen LogP contribution in [0.3, 0.4) is 0 Å². The summed E-state index contributed by atoms with van der Waals surface area (Å²) in [7, 11) is 0. The van der Waals surface area contributed by atoms with Crippen LogP contribution in [-0.2, 0) is 16.1 Å². The van der Waals surface area contributed by atoms with E-state index in [1.807, 2.05) is 0 Å². The van der Waals surface area contributed by atoms with Crippen molar-refractivity contribution in [2.75, 3.05) is 5.32 Å². The van der Waals surface area contributed by atoms with Crippen molar-refractivity contribution in [2.45, 2.75) is 12.7 Å². The zero-order chi connectivity index (χ0) is 19.2. The number of nitrogens with one attached hydrogen (secondary N) is 2. The van der Waals surface area contributed by atoms with Gasteiger partial charge in [-0.1, -0.05) is 30.3 Å². The molecule has 0 aromatic heterocycles. The minimum absolute atomic E-state index is 0.0122. The molecule has 8 heteroatoms. The van der Waals surface area contributed by atoms with Gasteiger partial charge in [0.2, 0.25) is 5.91 Å². The Hall–Kier alpha value is -3.16. The maximum atomic E-state index is 13.4. The largest absolute Gasteiger partial charge is 0.471 e. The van der Waals surface area contributed by atoms with Crippen molar-refractivity contribution < 1.29 is 27.2 Å². The van der Waals surface area contributed by atoms with Crippen LogP contribution in [0.4, 0.5) is 23.2 Å². The molecule has 0 fully saturated rings. The number of carbonyl (C=O) groups is 2. The Bertz CT molecular complexity index is 815. The molecule has 0 aliphatic heterocycles. The number of anilines is 1. The predicted octanol–water partition coefficient (Wildman–Crippen LogP) is 3.66. The van der Waals surface area contributed by atoms with Gasteiger partial charge in [0.15, 0.2) is 0 Å². The Morgan fingerprint density at radius 3 is 2.27 bits per heavy atom. The van der Waals surface area contributed by atoms with Crippen molar-refractivity contribution in [3.8, 4) is 0 Å². The first kappa shape index (κ1) is 19.2. The molecule has 2 amide bonds. The fourth-order valence-electron chi connectivity index (χ4n) is 1.93. The monoisotopic (exact) mass is 366 g/mol. The minimum Gasteiger partial charge on any atom is -0.348 e. The fraction of sp³-hybridized carbons (Fsp3) is 0.111. The van der Waals surface area contributed by atoms with Crippen molar-refractivity contribution in [3.63, 3.8) is 0 Å². The summed E-state index contributed by atoms with van der Waals surface area (Å²) in [6.07, 6.45) is -2.45. The lowest BCUT2D eigenvalue weighted by atomic mass is 10.2. The van der Waals surface area contributed by atoms with E-state index in [4.69, 9.17) is 0 Å². The van der Waals surface area contributed by atoms with Crippen molar-refractivity contribution in [1.82, 2.24) is 5.32 Å². The first-order valence-corrected chi connectivity index (χ1v) is 7.43. The minimum atomic E-state index is -4.96. The lowest BCUT2D eigenvalue weighted by Gasteiger charge is -2.08. The van der Waals surface area contributed by atoms with Crippen LogP contribution in [0, 0.1) is 5.82 Å². The number of hydrogen-bond acceptors (Lipinski definition) is 2. The molecule has 0 unspecified atom stereocenters. The lowest BCUT2D eigenvalue weighted by Crippen LogP contribution is -2.29. The third-order valence-corrected chi connectivity index (χ3v) is 3.26. The van der Waals surface area contributed by atoms with E-state index in [2.05, 4.69) is 5.32 Å². The molecule has 2 N–H and O–H groups in total. The topological polar surface area (TPSA) is 58.2 Å². The second-order valence-electron chi connectivity index (χ2n) is 5.22. The number of carbonyl (C=O) groups excluding carboxylic acids is 2. The van der Waals surface area contributed by atoms with Crippen LogP contribution >= 0.6 is 0 Å². The number of alkyl halides is 3. The number of rotatable bonds is 5. The van der Waals surface area contributed by atoms with E-state index in [0.29, 0.717) is 5.56 Å². The molecule has 0 bridgehead atoms. The Balaban J connectivity index is 1.87. The van der Waals surface area contributed by atoms with Gasteiger partial charge >= 0.3 is 12.1 Å². The summed E-state index contributed by atoms with van der Waals surface area (Å²) in [5.74, 6) is -2.97. The van der Waals surface area contributed by atoms with Gasteiger partial charge in [-0.3, -0.25) is 9.59 Å². The molecular weight excluding hydrogens is 352 g/mol. The molecule has 136 valence electrons. The van der Waals surface area contributed by atoms with Crippen LogP contribution in [0.2, 0.25) is 0 Å². The van der Waals surface area contributed by atoms with E-state index in [1.54, 1.807) is 11.4 Å². The number of halogens is 4. The smallest absolute Gasteiger partial charge is 0.348 e. The number of hydrogen-bond donors (Lipinski definition) is 2. The zero-order valence-corrected chi connectivity index (χ0v) is 13.3. The molecule has 4 nitrogen and oxygen atoms in total. The molecule has 26 heavy (non-hydrogen) atoms. The highest BCUT2D eigenvalue weighted by Gasteiger charge is 2.38. The van der Waals surface area contributed by atoms with Crippen molar-refractivity contribution in [3.05, 3.63) is 71.6 Å². The summed E-state index contributed by atoms with van der Waals surface area (Å²) >= 11 is 0. The van der Waals surface area contributed by atoms with E-state index in [9.17, 15) is 27.2 Å². The predicted molar refractivity (Wildman–Crippen MR) is 88.4 cm³/mol. The Morgan fingerprint density at radius 2 is 1.65 bits per heavy atom. The second-order valence-corrected chi connectivity index (χ2v) is 5.22. The molecule has 0 aliphatic rings. The average Bonchev–Trinajstić information content (AvgIpc) is 2.59. The van der Waals surface area contributed by atoms with Gasteiger partial charge < -0.3 is 10.6 Å². The molecule has 0 atom stereocenters. The van der Waals surface area contributed by atoms with Gasteiger partial charge in [0.25, 0.3) is 0 Å². The average molecular weight is 366 g/mol. The van der Waals surface area contributed by atoms with E-state index in [0.717, 1.165) is 0 Å². The van der Waals surface area contributed by atoms with Crippen LogP contribution in [-0.4, -0.2) is 18.0 Å². The molecule has 0 heterocycles. The fourth-order valence-corrected chi connectivity index (χ4v) is 1.93. The van der Waals surface area contributed by atoms with Crippen molar-refractivity contribution in [1.29, 1.82) is 0 Å². The summed E-state index contributed by atoms with van der Waals surface area (Å²) < 4.78 is 49.9. The van der Waals surface area contributed by atoms with E-state index in [-0.39, 0.29) is 17.8 Å². The normalized spacial score (nSPS) is 11.4. The van der Waals surface area contributed by atoms with E-state index in [1.165, 1.54) is 54.6 Å². The van der Waals surface area contributed by atoms with Crippen LogP contribution in [0.15, 0.2) is 54.6 Å². The SMILES string of the molecule is O=C(/C=C/c1ccccc1F)NCc1ccc(NC(=O)C(F)(F)F)cc1. The van der Waals surface area contributed by atoms with Crippen LogP contribution in [0.1, 0.15) is 11.1 Å². The van der Waals surface area contributed by atoms with E-state index < -0.39 is 23.8 Å². The summed E-state index contributed by atoms with van der Waals surface area (Å²) in [5.41, 5.74) is 0.872. The highest BCUT2D eigenvalue weighted by molar-refractivity contribution is 5.95.